The summed E-state index contributed by atoms with van der Waals surface area (Å²) < 4.78 is 25.2. The third kappa shape index (κ3) is 2.19. The Bertz CT molecular complexity index is 332. The lowest BCUT2D eigenvalue weighted by atomic mass is 10.2. The van der Waals surface area contributed by atoms with Crippen LogP contribution in [-0.4, -0.2) is 5.16 Å². The van der Waals surface area contributed by atoms with Gasteiger partial charge < -0.3 is 0 Å². The highest BCUT2D eigenvalue weighted by atomic mass is 32.1. The van der Waals surface area contributed by atoms with E-state index >= 15 is 0 Å². The fourth-order valence-electron chi connectivity index (χ4n) is 0.767. The normalized spacial score (nSPS) is 9.17. The fraction of sp³-hybridized carbons (Fsp3) is 0.125. The number of halogens is 2. The lowest BCUT2D eigenvalue weighted by Crippen LogP contribution is -1.88. The second-order valence-corrected chi connectivity index (χ2v) is 2.33. The zero-order chi connectivity index (χ0) is 8.97. The molecule has 0 fully saturated rings. The van der Waals surface area contributed by atoms with Crippen molar-refractivity contribution < 1.29 is 8.78 Å². The monoisotopic (exact) mass is 185 g/mol. The highest BCUT2D eigenvalue weighted by Gasteiger charge is 2.01. The van der Waals surface area contributed by atoms with Gasteiger partial charge >= 0.3 is 0 Å². The number of rotatable bonds is 2. The van der Waals surface area contributed by atoms with E-state index in [-0.39, 0.29) is 6.54 Å². The van der Waals surface area contributed by atoms with E-state index in [0.717, 1.165) is 6.07 Å². The van der Waals surface area contributed by atoms with Gasteiger partial charge in [0.15, 0.2) is 0 Å². The number of thiocarbonyl (C=S) groups is 1. The van der Waals surface area contributed by atoms with Gasteiger partial charge in [-0.15, -0.1) is 0 Å². The Morgan fingerprint density at radius 3 is 2.75 bits per heavy atom. The summed E-state index contributed by atoms with van der Waals surface area (Å²) in [6.07, 6.45) is 0. The van der Waals surface area contributed by atoms with E-state index in [9.17, 15) is 8.78 Å². The first-order valence-corrected chi connectivity index (χ1v) is 3.62. The molecule has 0 aliphatic carbocycles. The average molecular weight is 185 g/mol. The number of benzene rings is 1. The molecule has 0 bridgehead atoms. The van der Waals surface area contributed by atoms with Gasteiger partial charge in [-0.25, -0.2) is 13.8 Å². The quantitative estimate of drug-likeness (QED) is 0.509. The molecule has 1 aromatic carbocycles. The summed E-state index contributed by atoms with van der Waals surface area (Å²) in [7, 11) is 0. The van der Waals surface area contributed by atoms with Crippen LogP contribution in [-0.2, 0) is 6.54 Å². The molecule has 0 saturated heterocycles. The molecular formula is C8H5F2NS. The van der Waals surface area contributed by atoms with Gasteiger partial charge in [0.2, 0.25) is 0 Å². The van der Waals surface area contributed by atoms with Crippen LogP contribution in [0, 0.1) is 11.6 Å². The maximum absolute atomic E-state index is 12.8. The molecule has 0 heterocycles. The topological polar surface area (TPSA) is 12.4 Å². The molecule has 0 amide bonds. The summed E-state index contributed by atoms with van der Waals surface area (Å²) >= 11 is 4.31. The first-order chi connectivity index (χ1) is 5.74. The second-order valence-electron chi connectivity index (χ2n) is 2.14. The van der Waals surface area contributed by atoms with Crippen molar-refractivity contribution in [1.82, 2.24) is 0 Å². The number of hydrogen-bond acceptors (Lipinski definition) is 2. The minimum atomic E-state index is -0.607. The van der Waals surface area contributed by atoms with Gasteiger partial charge in [-0.3, -0.25) is 0 Å². The van der Waals surface area contributed by atoms with Crippen LogP contribution in [0.4, 0.5) is 8.78 Å². The van der Waals surface area contributed by atoms with Crippen molar-refractivity contribution >= 4 is 17.4 Å². The van der Waals surface area contributed by atoms with Crippen molar-refractivity contribution in [2.24, 2.45) is 4.99 Å². The van der Waals surface area contributed by atoms with Crippen LogP contribution < -0.4 is 0 Å². The predicted octanol–water partition coefficient (Wildman–Crippen LogP) is 2.57. The van der Waals surface area contributed by atoms with Crippen LogP contribution in [0.5, 0.6) is 0 Å². The Morgan fingerprint density at radius 1 is 1.42 bits per heavy atom. The Balaban J connectivity index is 2.93. The predicted molar refractivity (Wildman–Crippen MR) is 45.1 cm³/mol. The Hall–Kier alpha value is -1.12. The van der Waals surface area contributed by atoms with Crippen molar-refractivity contribution in [2.45, 2.75) is 6.54 Å². The third-order valence-corrected chi connectivity index (χ3v) is 1.46. The van der Waals surface area contributed by atoms with Crippen molar-refractivity contribution in [3.05, 3.63) is 35.4 Å². The molecule has 62 valence electrons. The van der Waals surface area contributed by atoms with Crippen molar-refractivity contribution in [2.75, 3.05) is 0 Å². The molecule has 0 spiro atoms. The minimum absolute atomic E-state index is 0.107. The van der Waals surface area contributed by atoms with E-state index in [1.807, 2.05) is 0 Å². The van der Waals surface area contributed by atoms with Gasteiger partial charge in [0, 0.05) is 11.6 Å². The summed E-state index contributed by atoms with van der Waals surface area (Å²) in [6, 6.07) is 3.33. The zero-order valence-corrected chi connectivity index (χ0v) is 6.87. The van der Waals surface area contributed by atoms with Crippen LogP contribution in [0.25, 0.3) is 0 Å². The van der Waals surface area contributed by atoms with E-state index in [2.05, 4.69) is 22.4 Å². The summed E-state index contributed by atoms with van der Waals surface area (Å²) in [5.74, 6) is -1.20. The van der Waals surface area contributed by atoms with E-state index in [1.165, 1.54) is 12.1 Å². The van der Waals surface area contributed by atoms with Gasteiger partial charge in [0.05, 0.1) is 11.7 Å². The molecule has 0 aliphatic heterocycles. The van der Waals surface area contributed by atoms with Gasteiger partial charge in [0.1, 0.15) is 11.6 Å². The largest absolute Gasteiger partial charge is 0.228 e. The lowest BCUT2D eigenvalue weighted by molar-refractivity contribution is 0.573. The molecule has 0 aromatic heterocycles. The fourth-order valence-corrected chi connectivity index (χ4v) is 0.832. The summed E-state index contributed by atoms with van der Waals surface area (Å²) in [5.41, 5.74) is 0.314. The van der Waals surface area contributed by atoms with Gasteiger partial charge in [0.25, 0.3) is 0 Å². The minimum Gasteiger partial charge on any atom is -0.228 e. The van der Waals surface area contributed by atoms with Gasteiger partial charge in [-0.05, 0) is 18.3 Å². The van der Waals surface area contributed by atoms with E-state index < -0.39 is 11.6 Å². The molecule has 1 aromatic rings. The molecular weight excluding hydrogens is 180 g/mol. The van der Waals surface area contributed by atoms with Crippen LogP contribution in [0.3, 0.4) is 0 Å². The molecule has 0 unspecified atom stereocenters. The Morgan fingerprint density at radius 2 is 2.17 bits per heavy atom. The van der Waals surface area contributed by atoms with Crippen molar-refractivity contribution in [1.29, 1.82) is 0 Å². The van der Waals surface area contributed by atoms with E-state index in [0.29, 0.717) is 5.56 Å². The number of aliphatic imine (C=N–C) groups is 1. The van der Waals surface area contributed by atoms with Crippen molar-refractivity contribution in [3.63, 3.8) is 0 Å². The van der Waals surface area contributed by atoms with Crippen LogP contribution in [0.1, 0.15) is 5.56 Å². The second kappa shape index (κ2) is 4.04. The zero-order valence-electron chi connectivity index (χ0n) is 6.05. The molecule has 0 atom stereocenters. The van der Waals surface area contributed by atoms with Crippen LogP contribution in [0.2, 0.25) is 0 Å². The van der Waals surface area contributed by atoms with Crippen molar-refractivity contribution in [3.8, 4) is 0 Å². The smallest absolute Gasteiger partial charge is 0.131 e. The standard InChI is InChI=1S/C8H5F2NS/c9-7-2-1-6(4-11-5-12)8(10)3-7/h1-3H,4H2. The molecule has 0 radical (unpaired) electrons. The first-order valence-electron chi connectivity index (χ1n) is 3.21. The molecule has 0 aliphatic rings. The maximum atomic E-state index is 12.8. The Kier molecular flexibility index (Phi) is 3.02. The third-order valence-electron chi connectivity index (χ3n) is 1.33. The Labute approximate surface area is 73.7 Å². The van der Waals surface area contributed by atoms with Crippen LogP contribution in [0.15, 0.2) is 23.2 Å². The molecule has 0 N–H and O–H groups in total. The first kappa shape index (κ1) is 8.97. The molecule has 1 nitrogen and oxygen atoms in total. The molecule has 12 heavy (non-hydrogen) atoms. The number of isothiocyanates is 1. The maximum Gasteiger partial charge on any atom is 0.131 e. The SMILES string of the molecule is Fc1ccc(CN=C=S)c(F)c1. The highest BCUT2D eigenvalue weighted by molar-refractivity contribution is 7.78. The summed E-state index contributed by atoms with van der Waals surface area (Å²) in [4.78, 5) is 3.53. The van der Waals surface area contributed by atoms with E-state index in [1.54, 1.807) is 0 Å². The summed E-state index contributed by atoms with van der Waals surface area (Å²) in [5, 5.41) is 2.11. The molecule has 1 rings (SSSR count). The van der Waals surface area contributed by atoms with Crippen LogP contribution >= 0.6 is 12.2 Å². The average Bonchev–Trinajstić information content (AvgIpc) is 2.03. The van der Waals surface area contributed by atoms with Gasteiger partial charge in [-0.2, -0.15) is 0 Å². The highest BCUT2D eigenvalue weighted by Crippen LogP contribution is 2.09. The van der Waals surface area contributed by atoms with Gasteiger partial charge in [-0.1, -0.05) is 6.07 Å². The molecule has 4 heteroatoms. The summed E-state index contributed by atoms with van der Waals surface area (Å²) in [6.45, 7) is 0.107. The molecule has 0 saturated carbocycles. The lowest BCUT2D eigenvalue weighted by Gasteiger charge is -1.96. The number of hydrogen-bond donors (Lipinski definition) is 0. The van der Waals surface area contributed by atoms with E-state index in [4.69, 9.17) is 0 Å². The number of nitrogens with zero attached hydrogens (tertiary/aromatic N) is 1.